The summed E-state index contributed by atoms with van der Waals surface area (Å²) in [5, 5.41) is 10.6. The summed E-state index contributed by atoms with van der Waals surface area (Å²) in [5.41, 5.74) is 2.53. The highest BCUT2D eigenvalue weighted by Crippen LogP contribution is 2.42. The van der Waals surface area contributed by atoms with Gasteiger partial charge in [-0.2, -0.15) is 0 Å². The highest BCUT2D eigenvalue weighted by atomic mass is 16.5. The maximum absolute atomic E-state index is 13.0. The van der Waals surface area contributed by atoms with E-state index in [0.29, 0.717) is 11.4 Å². The summed E-state index contributed by atoms with van der Waals surface area (Å²) in [6, 6.07) is 14.0. The lowest BCUT2D eigenvalue weighted by Crippen LogP contribution is -2.31. The van der Waals surface area contributed by atoms with Crippen molar-refractivity contribution in [3.8, 4) is 5.75 Å². The number of hydrogen-bond acceptors (Lipinski definition) is 4. The van der Waals surface area contributed by atoms with Crippen molar-refractivity contribution in [3.05, 3.63) is 71.0 Å². The van der Waals surface area contributed by atoms with Gasteiger partial charge in [-0.1, -0.05) is 38.1 Å². The minimum Gasteiger partial charge on any atom is -0.503 e. The molecule has 0 saturated heterocycles. The topological polar surface area (TPSA) is 66.8 Å². The molecular weight excluding hydrogens is 354 g/mol. The third-order valence-electron chi connectivity index (χ3n) is 4.81. The molecule has 146 valence electrons. The lowest BCUT2D eigenvalue weighted by Gasteiger charge is -2.27. The van der Waals surface area contributed by atoms with Crippen LogP contribution in [0.2, 0.25) is 0 Å². The van der Waals surface area contributed by atoms with E-state index in [2.05, 4.69) is 0 Å². The number of rotatable bonds is 6. The number of Topliss-reactive ketones (excluding diaryl/α,β-unsaturated/α-hetero) is 1. The molecule has 1 unspecified atom stereocenters. The van der Waals surface area contributed by atoms with Gasteiger partial charge in [0.05, 0.1) is 18.7 Å². The number of carbonyl (C=O) groups excluding carboxylic acids is 2. The predicted octanol–water partition coefficient (Wildman–Crippen LogP) is 4.52. The number of ether oxygens (including phenoxy) is 1. The standard InChI is InChI=1S/C23H25NO4/c1-14(2)12-19(25)20-21(16-8-10-18(28-4)11-9-16)24(23(27)22(20)26)17-7-5-6-15(3)13-17/h5-11,13-14,21,26H,12H2,1-4H3. The van der Waals surface area contributed by atoms with Crippen molar-refractivity contribution in [1.82, 2.24) is 0 Å². The number of carbonyl (C=O) groups is 2. The van der Waals surface area contributed by atoms with E-state index >= 15 is 0 Å². The molecule has 0 aromatic heterocycles. The van der Waals surface area contributed by atoms with Crippen LogP contribution in [0.15, 0.2) is 59.9 Å². The van der Waals surface area contributed by atoms with Crippen molar-refractivity contribution in [2.75, 3.05) is 12.0 Å². The molecule has 2 aromatic carbocycles. The number of amides is 1. The van der Waals surface area contributed by atoms with E-state index in [0.717, 1.165) is 11.1 Å². The van der Waals surface area contributed by atoms with Gasteiger partial charge in [-0.05, 0) is 48.2 Å². The van der Waals surface area contributed by atoms with Gasteiger partial charge >= 0.3 is 0 Å². The molecule has 1 aliphatic heterocycles. The van der Waals surface area contributed by atoms with Gasteiger partial charge < -0.3 is 9.84 Å². The summed E-state index contributed by atoms with van der Waals surface area (Å²) in [6.45, 7) is 5.81. The molecule has 0 spiro atoms. The Morgan fingerprint density at radius 1 is 1.18 bits per heavy atom. The third kappa shape index (κ3) is 3.65. The maximum Gasteiger partial charge on any atom is 0.294 e. The van der Waals surface area contributed by atoms with Gasteiger partial charge in [0, 0.05) is 12.1 Å². The number of aliphatic hydroxyl groups excluding tert-OH is 1. The van der Waals surface area contributed by atoms with Crippen molar-refractivity contribution >= 4 is 17.4 Å². The lowest BCUT2D eigenvalue weighted by molar-refractivity contribution is -0.118. The average Bonchev–Trinajstić information content (AvgIpc) is 2.92. The fourth-order valence-electron chi connectivity index (χ4n) is 3.52. The van der Waals surface area contributed by atoms with Gasteiger partial charge in [-0.15, -0.1) is 0 Å². The number of benzene rings is 2. The van der Waals surface area contributed by atoms with Crippen LogP contribution in [0.3, 0.4) is 0 Å². The fourth-order valence-corrected chi connectivity index (χ4v) is 3.52. The molecule has 3 rings (SSSR count). The molecule has 2 aromatic rings. The number of nitrogens with zero attached hydrogens (tertiary/aromatic N) is 1. The summed E-state index contributed by atoms with van der Waals surface area (Å²) < 4.78 is 5.22. The molecule has 1 aliphatic rings. The Bertz CT molecular complexity index is 928. The van der Waals surface area contributed by atoms with Crippen molar-refractivity contribution in [3.63, 3.8) is 0 Å². The number of aryl methyl sites for hydroxylation is 1. The molecule has 5 heteroatoms. The number of hydrogen-bond donors (Lipinski definition) is 1. The van der Waals surface area contributed by atoms with Gasteiger partial charge in [0.2, 0.25) is 0 Å². The zero-order valence-electron chi connectivity index (χ0n) is 16.6. The Hall–Kier alpha value is -3.08. The Kier molecular flexibility index (Phi) is 5.54. The van der Waals surface area contributed by atoms with E-state index in [9.17, 15) is 14.7 Å². The monoisotopic (exact) mass is 379 g/mol. The second kappa shape index (κ2) is 7.89. The van der Waals surface area contributed by atoms with E-state index in [1.54, 1.807) is 19.2 Å². The van der Waals surface area contributed by atoms with Crippen LogP contribution in [0, 0.1) is 12.8 Å². The van der Waals surface area contributed by atoms with Crippen molar-refractivity contribution in [1.29, 1.82) is 0 Å². The van der Waals surface area contributed by atoms with Crippen LogP contribution >= 0.6 is 0 Å². The number of ketones is 1. The summed E-state index contributed by atoms with van der Waals surface area (Å²) in [4.78, 5) is 27.4. The van der Waals surface area contributed by atoms with E-state index in [1.165, 1.54) is 4.90 Å². The van der Waals surface area contributed by atoms with Crippen LogP contribution in [0.5, 0.6) is 5.75 Å². The first kappa shape index (κ1) is 19.7. The van der Waals surface area contributed by atoms with Crippen LogP contribution in [0.4, 0.5) is 5.69 Å². The molecule has 0 bridgehead atoms. The van der Waals surface area contributed by atoms with Crippen LogP contribution in [-0.2, 0) is 9.59 Å². The molecule has 1 heterocycles. The molecule has 5 nitrogen and oxygen atoms in total. The second-order valence-electron chi connectivity index (χ2n) is 7.47. The summed E-state index contributed by atoms with van der Waals surface area (Å²) in [6.07, 6.45) is 0.265. The minimum absolute atomic E-state index is 0.118. The third-order valence-corrected chi connectivity index (χ3v) is 4.81. The first-order valence-electron chi connectivity index (χ1n) is 9.34. The fraction of sp³-hybridized carbons (Fsp3) is 0.304. The SMILES string of the molecule is COc1ccc(C2C(C(=O)CC(C)C)=C(O)C(=O)N2c2cccc(C)c2)cc1. The number of anilines is 1. The minimum atomic E-state index is -0.675. The van der Waals surface area contributed by atoms with Crippen molar-refractivity contribution in [2.45, 2.75) is 33.2 Å². The second-order valence-corrected chi connectivity index (χ2v) is 7.47. The zero-order chi connectivity index (χ0) is 20.4. The van der Waals surface area contributed by atoms with Gasteiger partial charge in [0.25, 0.3) is 5.91 Å². The molecular formula is C23H25NO4. The lowest BCUT2D eigenvalue weighted by atomic mass is 9.92. The van der Waals surface area contributed by atoms with Crippen molar-refractivity contribution in [2.24, 2.45) is 5.92 Å². The maximum atomic E-state index is 13.0. The average molecular weight is 379 g/mol. The van der Waals surface area contributed by atoms with Crippen LogP contribution < -0.4 is 9.64 Å². The van der Waals surface area contributed by atoms with Crippen molar-refractivity contribution < 1.29 is 19.4 Å². The molecule has 0 saturated carbocycles. The Morgan fingerprint density at radius 3 is 2.43 bits per heavy atom. The summed E-state index contributed by atoms with van der Waals surface area (Å²) >= 11 is 0. The highest BCUT2D eigenvalue weighted by molar-refractivity contribution is 6.16. The number of aliphatic hydroxyl groups is 1. The van der Waals surface area contributed by atoms with E-state index in [4.69, 9.17) is 4.74 Å². The van der Waals surface area contributed by atoms with E-state index in [-0.39, 0.29) is 23.7 Å². The van der Waals surface area contributed by atoms with Gasteiger partial charge in [-0.25, -0.2) is 0 Å². The summed E-state index contributed by atoms with van der Waals surface area (Å²) in [5.74, 6) is -0.436. The molecule has 28 heavy (non-hydrogen) atoms. The number of methoxy groups -OCH3 is 1. The predicted molar refractivity (Wildman–Crippen MR) is 109 cm³/mol. The van der Waals surface area contributed by atoms with Crippen LogP contribution in [0.25, 0.3) is 0 Å². The van der Waals surface area contributed by atoms with Gasteiger partial charge in [0.1, 0.15) is 5.75 Å². The van der Waals surface area contributed by atoms with Gasteiger partial charge in [-0.3, -0.25) is 14.5 Å². The van der Waals surface area contributed by atoms with E-state index in [1.807, 2.05) is 57.2 Å². The molecule has 1 atom stereocenters. The first-order chi connectivity index (χ1) is 13.3. The zero-order valence-corrected chi connectivity index (χ0v) is 16.6. The van der Waals surface area contributed by atoms with Gasteiger partial charge in [0.15, 0.2) is 11.5 Å². The Labute approximate surface area is 165 Å². The first-order valence-corrected chi connectivity index (χ1v) is 9.34. The molecule has 1 amide bonds. The van der Waals surface area contributed by atoms with Crippen LogP contribution in [0.1, 0.15) is 37.4 Å². The normalized spacial score (nSPS) is 16.8. The molecule has 0 radical (unpaired) electrons. The Balaban J connectivity index is 2.14. The molecule has 0 aliphatic carbocycles. The Morgan fingerprint density at radius 2 is 1.86 bits per heavy atom. The molecule has 1 N–H and O–H groups in total. The van der Waals surface area contributed by atoms with E-state index < -0.39 is 17.7 Å². The quantitative estimate of drug-likeness (QED) is 0.801. The summed E-state index contributed by atoms with van der Waals surface area (Å²) in [7, 11) is 1.58. The van der Waals surface area contributed by atoms with Crippen LogP contribution in [-0.4, -0.2) is 23.9 Å². The smallest absolute Gasteiger partial charge is 0.294 e. The largest absolute Gasteiger partial charge is 0.503 e. The highest BCUT2D eigenvalue weighted by Gasteiger charge is 2.44. The molecule has 0 fully saturated rings.